The van der Waals surface area contributed by atoms with Gasteiger partial charge in [0.05, 0.1) is 11.0 Å². The fraction of sp³-hybridized carbons (Fsp3) is 0.0545. The third-order valence-corrected chi connectivity index (χ3v) is 12.6. The first-order valence-electron chi connectivity index (χ1n) is 20.4. The summed E-state index contributed by atoms with van der Waals surface area (Å²) in [6.45, 7) is 4.61. The Hall–Kier alpha value is -7.76. The highest BCUT2D eigenvalue weighted by Gasteiger charge is 2.36. The van der Waals surface area contributed by atoms with Crippen molar-refractivity contribution < 1.29 is 4.79 Å². The van der Waals surface area contributed by atoms with Crippen LogP contribution in [0.5, 0.6) is 0 Å². The Morgan fingerprint density at radius 1 is 0.450 bits per heavy atom. The zero-order valence-corrected chi connectivity index (χ0v) is 33.0. The molecule has 0 aliphatic heterocycles. The molecule has 282 valence electrons. The Morgan fingerprint density at radius 3 is 1.77 bits per heavy atom. The Balaban J connectivity index is 1.16. The van der Waals surface area contributed by atoms with E-state index in [1.807, 2.05) is 54.6 Å². The lowest BCUT2D eigenvalue weighted by molar-refractivity contribution is 0.104. The van der Waals surface area contributed by atoms with Crippen LogP contribution < -0.4 is 0 Å². The summed E-state index contributed by atoms with van der Waals surface area (Å²) >= 11 is 0. The number of carbonyl (C=O) groups is 1. The first-order valence-corrected chi connectivity index (χ1v) is 20.4. The van der Waals surface area contributed by atoms with Crippen LogP contribution in [0.25, 0.3) is 94.0 Å². The molecule has 1 aliphatic carbocycles. The summed E-state index contributed by atoms with van der Waals surface area (Å²) in [6.07, 6.45) is 0. The van der Waals surface area contributed by atoms with Gasteiger partial charge < -0.3 is 0 Å². The number of aromatic nitrogens is 4. The van der Waals surface area contributed by atoms with Gasteiger partial charge in [-0.2, -0.15) is 9.97 Å². The molecule has 0 unspecified atom stereocenters. The minimum absolute atomic E-state index is 0.0348. The Bertz CT molecular complexity index is 3510. The highest BCUT2D eigenvalue weighted by atomic mass is 16.1. The zero-order valence-electron chi connectivity index (χ0n) is 33.0. The maximum absolute atomic E-state index is 14.6. The number of carbonyl (C=O) groups excluding carboxylic acids is 1. The smallest absolute Gasteiger partial charge is 0.238 e. The lowest BCUT2D eigenvalue weighted by atomic mass is 9.82. The largest absolute Gasteiger partial charge is 0.289 e. The van der Waals surface area contributed by atoms with Crippen LogP contribution in [0.15, 0.2) is 182 Å². The molecule has 5 nitrogen and oxygen atoms in total. The van der Waals surface area contributed by atoms with Crippen LogP contribution in [0, 0.1) is 0 Å². The summed E-state index contributed by atoms with van der Waals surface area (Å²) in [6, 6.07) is 62.9. The summed E-state index contributed by atoms with van der Waals surface area (Å²) < 4.78 is 2.15. The first kappa shape index (κ1) is 34.3. The van der Waals surface area contributed by atoms with Crippen molar-refractivity contribution in [1.82, 2.24) is 19.5 Å². The average Bonchev–Trinajstić information content (AvgIpc) is 3.74. The van der Waals surface area contributed by atoms with Gasteiger partial charge in [0.1, 0.15) is 0 Å². The molecule has 0 saturated heterocycles. The molecule has 11 aromatic rings. The quantitative estimate of drug-likeness (QED) is 0.164. The van der Waals surface area contributed by atoms with Crippen molar-refractivity contribution in [3.63, 3.8) is 0 Å². The second-order valence-electron chi connectivity index (χ2n) is 16.4. The summed E-state index contributed by atoms with van der Waals surface area (Å²) in [4.78, 5) is 30.5. The topological polar surface area (TPSA) is 60.7 Å². The summed E-state index contributed by atoms with van der Waals surface area (Å²) in [5.41, 5.74) is 9.68. The fourth-order valence-electron chi connectivity index (χ4n) is 9.53. The van der Waals surface area contributed by atoms with Crippen molar-refractivity contribution in [3.05, 3.63) is 204 Å². The molecule has 0 spiro atoms. The molecular weight excluding hydrogens is 733 g/mol. The highest BCUT2D eigenvalue weighted by molar-refractivity contribution is 6.19. The molecular formula is C55H36N4O. The lowest BCUT2D eigenvalue weighted by Gasteiger charge is -2.21. The van der Waals surface area contributed by atoms with Crippen LogP contribution in [0.1, 0.15) is 40.9 Å². The highest BCUT2D eigenvalue weighted by Crippen LogP contribution is 2.51. The number of fused-ring (bicyclic) bond motifs is 9. The minimum Gasteiger partial charge on any atom is -0.289 e. The number of nitrogens with zero attached hydrogens (tertiary/aromatic N) is 4. The van der Waals surface area contributed by atoms with Gasteiger partial charge in [-0.15, -0.1) is 0 Å². The van der Waals surface area contributed by atoms with Gasteiger partial charge in [0, 0.05) is 38.4 Å². The van der Waals surface area contributed by atoms with Gasteiger partial charge in [0.25, 0.3) is 0 Å². The third-order valence-electron chi connectivity index (χ3n) is 12.6. The van der Waals surface area contributed by atoms with Gasteiger partial charge in [-0.05, 0) is 84.9 Å². The van der Waals surface area contributed by atoms with Crippen molar-refractivity contribution in [1.29, 1.82) is 0 Å². The van der Waals surface area contributed by atoms with Crippen molar-refractivity contribution in [2.24, 2.45) is 0 Å². The molecule has 0 radical (unpaired) electrons. The number of rotatable bonds is 5. The first-order chi connectivity index (χ1) is 29.4. The fourth-order valence-corrected chi connectivity index (χ4v) is 9.53. The SMILES string of the molecule is CC1(C)c2ccccc2-c2cc3c(cc21)c1ccc(C(=O)c2cccc4ccccc24)cc1n3-c1nc(-c2ccc3ccccc3c2)nc(-c2ccc3ccccc3c2)n1. The van der Waals surface area contributed by atoms with Gasteiger partial charge in [0.2, 0.25) is 5.95 Å². The average molecular weight is 769 g/mol. The predicted octanol–water partition coefficient (Wildman–Crippen LogP) is 13.3. The van der Waals surface area contributed by atoms with Crippen LogP contribution in [0.2, 0.25) is 0 Å². The van der Waals surface area contributed by atoms with E-state index in [1.54, 1.807) is 0 Å². The van der Waals surface area contributed by atoms with Crippen molar-refractivity contribution in [3.8, 4) is 39.9 Å². The molecule has 12 rings (SSSR count). The van der Waals surface area contributed by atoms with E-state index in [9.17, 15) is 4.79 Å². The van der Waals surface area contributed by atoms with Gasteiger partial charge in [-0.3, -0.25) is 9.36 Å². The van der Waals surface area contributed by atoms with Crippen LogP contribution in [-0.4, -0.2) is 25.3 Å². The molecule has 9 aromatic carbocycles. The van der Waals surface area contributed by atoms with E-state index >= 15 is 0 Å². The van der Waals surface area contributed by atoms with E-state index in [4.69, 9.17) is 15.0 Å². The van der Waals surface area contributed by atoms with E-state index in [0.29, 0.717) is 28.7 Å². The van der Waals surface area contributed by atoms with Gasteiger partial charge in [-0.25, -0.2) is 4.98 Å². The van der Waals surface area contributed by atoms with Crippen molar-refractivity contribution in [2.75, 3.05) is 0 Å². The summed E-state index contributed by atoms with van der Waals surface area (Å²) in [7, 11) is 0. The number of benzene rings is 9. The van der Waals surface area contributed by atoms with E-state index in [1.165, 1.54) is 22.3 Å². The van der Waals surface area contributed by atoms with Gasteiger partial charge in [0.15, 0.2) is 17.4 Å². The minimum atomic E-state index is -0.196. The lowest BCUT2D eigenvalue weighted by Crippen LogP contribution is -2.14. The molecule has 0 amide bonds. The molecule has 0 atom stereocenters. The predicted molar refractivity (Wildman–Crippen MR) is 245 cm³/mol. The molecule has 5 heteroatoms. The van der Waals surface area contributed by atoms with Crippen molar-refractivity contribution in [2.45, 2.75) is 19.3 Å². The molecule has 1 aliphatic rings. The van der Waals surface area contributed by atoms with Crippen LogP contribution in [0.4, 0.5) is 0 Å². The van der Waals surface area contributed by atoms with Gasteiger partial charge >= 0.3 is 0 Å². The number of hydrogen-bond acceptors (Lipinski definition) is 4. The third kappa shape index (κ3) is 5.19. The molecule has 0 N–H and O–H groups in total. The molecule has 2 heterocycles. The van der Waals surface area contributed by atoms with Crippen LogP contribution in [0.3, 0.4) is 0 Å². The van der Waals surface area contributed by atoms with E-state index in [2.05, 4.69) is 146 Å². The Kier molecular flexibility index (Phi) is 7.36. The van der Waals surface area contributed by atoms with Gasteiger partial charge in [-0.1, -0.05) is 166 Å². The Labute approximate surface area is 346 Å². The molecule has 0 bridgehead atoms. The Morgan fingerprint density at radius 2 is 1.05 bits per heavy atom. The van der Waals surface area contributed by atoms with Crippen LogP contribution in [-0.2, 0) is 5.41 Å². The summed E-state index contributed by atoms with van der Waals surface area (Å²) in [5.74, 6) is 1.59. The number of hydrogen-bond donors (Lipinski definition) is 0. The molecule has 0 saturated carbocycles. The normalized spacial score (nSPS) is 13.0. The van der Waals surface area contributed by atoms with E-state index < -0.39 is 0 Å². The van der Waals surface area contributed by atoms with E-state index in [0.717, 1.165) is 65.3 Å². The summed E-state index contributed by atoms with van der Waals surface area (Å²) in [5, 5.41) is 8.57. The maximum Gasteiger partial charge on any atom is 0.238 e. The van der Waals surface area contributed by atoms with E-state index in [-0.39, 0.29) is 11.2 Å². The second kappa shape index (κ2) is 12.9. The standard InChI is InChI=1S/C55H36N4O/c1-55(2)47-21-10-9-19-42(47)45-32-50-46(31-48(45)55)43-27-26-38(51(60)44-20-11-17-35-14-7-8-18-41(35)44)30-49(43)59(50)54-57-52(39-24-22-33-12-3-5-15-36(33)28-39)56-53(58-54)40-25-23-34-13-4-6-16-37(34)29-40/h3-32H,1-2H3. The molecule has 0 fully saturated rings. The zero-order chi connectivity index (χ0) is 40.1. The van der Waals surface area contributed by atoms with Crippen LogP contribution >= 0.6 is 0 Å². The number of ketones is 1. The molecule has 60 heavy (non-hydrogen) atoms. The second-order valence-corrected chi connectivity index (χ2v) is 16.4. The molecule has 2 aromatic heterocycles. The van der Waals surface area contributed by atoms with Crippen molar-refractivity contribution >= 4 is 59.9 Å². The maximum atomic E-state index is 14.6. The monoisotopic (exact) mass is 768 g/mol.